The number of halogens is 5. The molecule has 31 heteroatoms. The van der Waals surface area contributed by atoms with Crippen molar-refractivity contribution in [2.75, 3.05) is 94.9 Å². The number of amides is 12. The third kappa shape index (κ3) is 19.7. The van der Waals surface area contributed by atoms with Crippen molar-refractivity contribution in [2.45, 2.75) is 266 Å². The minimum absolute atomic E-state index is 0.0291. The Bertz CT molecular complexity index is 3120. The van der Waals surface area contributed by atoms with Gasteiger partial charge >= 0.3 is 6.18 Å². The molecule has 4 saturated carbocycles. The first-order chi connectivity index (χ1) is 49.6. The van der Waals surface area contributed by atoms with E-state index in [-0.39, 0.29) is 77.0 Å². The summed E-state index contributed by atoms with van der Waals surface area (Å²) in [6, 6.07) is -10.4. The summed E-state index contributed by atoms with van der Waals surface area (Å²) in [6.45, 7) is 5.74. The molecule has 0 radical (unpaired) electrons. The molecule has 8 aliphatic rings. The summed E-state index contributed by atoms with van der Waals surface area (Å²) in [4.78, 5) is 192. The average molecular weight is 1510 g/mol. The first-order valence-electron chi connectivity index (χ1n) is 38.4. The van der Waals surface area contributed by atoms with Crippen LogP contribution in [-0.2, 0) is 62.3 Å². The number of likely N-dealkylation sites (N-methyl/N-ethyl adjacent to an activating group) is 7. The van der Waals surface area contributed by atoms with Gasteiger partial charge in [0.25, 0.3) is 0 Å². The van der Waals surface area contributed by atoms with Crippen molar-refractivity contribution in [1.29, 1.82) is 0 Å². The number of nitrogens with zero attached hydrogens (tertiary/aromatic N) is 9. The van der Waals surface area contributed by atoms with Crippen molar-refractivity contribution in [3.8, 4) is 0 Å². The summed E-state index contributed by atoms with van der Waals surface area (Å²) >= 11 is 1.89. The van der Waals surface area contributed by atoms with Crippen LogP contribution in [0.5, 0.6) is 0 Å². The normalized spacial score (nSPS) is 33.4. The van der Waals surface area contributed by atoms with Crippen molar-refractivity contribution in [1.82, 2.24) is 60.0 Å². The number of hydrogen-bond acceptors (Lipinski definition) is 14. The molecule has 592 valence electrons. The van der Waals surface area contributed by atoms with Crippen LogP contribution in [0, 0.1) is 35.5 Å². The van der Waals surface area contributed by atoms with Gasteiger partial charge in [0.1, 0.15) is 72.1 Å². The molecule has 1 spiro atoms. The van der Waals surface area contributed by atoms with Crippen molar-refractivity contribution < 1.29 is 84.2 Å². The minimum Gasteiger partial charge on any atom is -0.377 e. The number of fused-ring (bicyclic) bond motifs is 4. The SMILES string of the molecule is CCO[C@@H]1C[C@H]2C(=O)NC3(CCC3)C(=O)N(C)[C@@H](C3CCCC3)C(=O)N(C)[C@H](C(=O)N(C)C)CC(=O)N(C)[C@@H](CC)C(=O)N[C@@H]([C@@H](C)CC)C(=O)N(C)CC(=O)N(C)[C@H]3CCCCCN(C3=O)[C@@H](CC3CCC4CCSC4C3)C(=O)N(C)CC(=O)N[C@@H](CCC3CC(F)C(C(F)(F)F)C(F)C3)C(=O)N2C1. The Labute approximate surface area is 620 Å². The summed E-state index contributed by atoms with van der Waals surface area (Å²) in [6.07, 6.45) is -4.80. The van der Waals surface area contributed by atoms with Crippen LogP contribution in [0.3, 0.4) is 0 Å². The van der Waals surface area contributed by atoms with E-state index in [9.17, 15) is 41.9 Å². The van der Waals surface area contributed by atoms with Gasteiger partial charge in [-0.1, -0.05) is 59.3 Å². The van der Waals surface area contributed by atoms with Crippen molar-refractivity contribution in [3.05, 3.63) is 0 Å². The Kier molecular flexibility index (Phi) is 29.4. The van der Waals surface area contributed by atoms with Crippen LogP contribution in [0.2, 0.25) is 0 Å². The fraction of sp³-hybridized carbons (Fsp3) is 0.838. The standard InChI is InChI=1S/C74H117F5N12O13S/c1-13-43(4)62-70(101)85(8)42-60(94)87(10)53-24-17-16-20-32-90(69(53)100)56(36-45-25-27-46-29-33-105-57(46)37-45)68(99)84(7)41-58(92)80-51(28-26-44-34-49(75)61(50(76)35-44)74(77,78)79)66(97)91-40-48(104-15-3)38-54(91)65(96)82-73(30-21-31-73)72(103)89(12)63(47-22-18-19-23-47)71(102)88(11)55(67(98)83(5)6)39-59(93)86(9)52(14-2)64(95)81-62/h43-57,61-63H,13-42H2,1-12H3,(H,80,92)(H,81,95)(H,82,96)/t43-,44?,45?,46?,48+,49?,50?,51-,52-,53-,54-,55-,56-,57?,61?,62-,63-/m0/s1. The molecule has 3 N–H and O–H groups in total. The van der Waals surface area contributed by atoms with E-state index in [2.05, 4.69) is 16.0 Å². The lowest BCUT2D eigenvalue weighted by atomic mass is 9.74. The lowest BCUT2D eigenvalue weighted by Gasteiger charge is -2.46. The van der Waals surface area contributed by atoms with Crippen molar-refractivity contribution >= 4 is 82.6 Å². The number of carbonyl (C=O) groups excluding carboxylic acids is 12. The summed E-state index contributed by atoms with van der Waals surface area (Å²) in [5.74, 6) is -11.7. The third-order valence-corrected chi connectivity index (χ3v) is 25.9. The molecule has 5 unspecified atom stereocenters. The second-order valence-electron chi connectivity index (χ2n) is 31.7. The predicted octanol–water partition coefficient (Wildman–Crippen LogP) is 5.49. The number of hydrogen-bond donors (Lipinski definition) is 3. The van der Waals surface area contributed by atoms with Gasteiger partial charge in [-0.25, -0.2) is 8.78 Å². The number of ether oxygens (including phenoxy) is 1. The summed E-state index contributed by atoms with van der Waals surface area (Å²) in [5, 5.41) is 8.92. The molecule has 8 rings (SSSR count). The molecule has 12 amide bonds. The van der Waals surface area contributed by atoms with E-state index < -0.39 is 205 Å². The van der Waals surface area contributed by atoms with E-state index in [1.807, 2.05) is 18.7 Å². The second-order valence-corrected chi connectivity index (χ2v) is 33.0. The Morgan fingerprint density at radius 1 is 0.638 bits per heavy atom. The summed E-state index contributed by atoms with van der Waals surface area (Å²) in [5.41, 5.74) is -1.64. The van der Waals surface area contributed by atoms with Gasteiger partial charge in [-0.15, -0.1) is 0 Å². The van der Waals surface area contributed by atoms with E-state index in [0.29, 0.717) is 69.0 Å². The zero-order chi connectivity index (χ0) is 77.3. The van der Waals surface area contributed by atoms with Crippen LogP contribution in [0.25, 0.3) is 0 Å². The van der Waals surface area contributed by atoms with Crippen LogP contribution in [0.1, 0.15) is 182 Å². The molecular formula is C74H117F5N12O13S. The van der Waals surface area contributed by atoms with E-state index in [1.54, 1.807) is 20.8 Å². The fourth-order valence-corrected chi connectivity index (χ4v) is 19.4. The topological polar surface area (TPSA) is 279 Å². The maximum Gasteiger partial charge on any atom is 0.397 e. The monoisotopic (exact) mass is 1510 g/mol. The van der Waals surface area contributed by atoms with Gasteiger partial charge in [-0.05, 0) is 145 Å². The Hall–Kier alpha value is -6.40. The lowest BCUT2D eigenvalue weighted by Crippen LogP contribution is -2.68. The molecule has 2 bridgehead atoms. The van der Waals surface area contributed by atoms with Gasteiger partial charge in [-0.3, -0.25) is 57.5 Å². The zero-order valence-electron chi connectivity index (χ0n) is 63.7. The Morgan fingerprint density at radius 3 is 1.90 bits per heavy atom. The molecule has 25 nitrogen and oxygen atoms in total. The van der Waals surface area contributed by atoms with Crippen LogP contribution in [-0.4, -0.2) is 294 Å². The van der Waals surface area contributed by atoms with E-state index in [1.165, 1.54) is 90.7 Å². The average Bonchev–Trinajstić information content (AvgIpc) is 1.63. The van der Waals surface area contributed by atoms with E-state index in [4.69, 9.17) is 4.74 Å². The van der Waals surface area contributed by atoms with E-state index >= 15 is 37.5 Å². The molecule has 0 aromatic heterocycles. The quantitative estimate of drug-likeness (QED) is 0.204. The Morgan fingerprint density at radius 2 is 1.30 bits per heavy atom. The lowest BCUT2D eigenvalue weighted by molar-refractivity contribution is -0.219. The van der Waals surface area contributed by atoms with Gasteiger partial charge in [0, 0.05) is 87.7 Å². The minimum atomic E-state index is -5.17. The van der Waals surface area contributed by atoms with Crippen LogP contribution in [0.4, 0.5) is 22.0 Å². The highest BCUT2D eigenvalue weighted by atomic mass is 32.2. The molecule has 4 heterocycles. The Balaban J connectivity index is 1.19. The number of carbonyl (C=O) groups is 12. The highest BCUT2D eigenvalue weighted by molar-refractivity contribution is 8.00. The number of nitrogens with one attached hydrogen (secondary N) is 3. The molecule has 0 aromatic rings. The number of alkyl halides is 5. The largest absolute Gasteiger partial charge is 0.397 e. The maximum atomic E-state index is 15.6. The first kappa shape index (κ1) is 84.2. The molecule has 4 aliphatic heterocycles. The summed E-state index contributed by atoms with van der Waals surface area (Å²) in [7, 11) is 11.4. The maximum absolute atomic E-state index is 15.6. The van der Waals surface area contributed by atoms with E-state index in [0.717, 1.165) is 41.2 Å². The summed E-state index contributed by atoms with van der Waals surface area (Å²) < 4.78 is 79.0. The van der Waals surface area contributed by atoms with Gasteiger partial charge in [0.05, 0.1) is 25.6 Å². The number of rotatable bonds is 12. The van der Waals surface area contributed by atoms with Crippen molar-refractivity contribution in [3.63, 3.8) is 0 Å². The predicted molar refractivity (Wildman–Crippen MR) is 382 cm³/mol. The third-order valence-electron chi connectivity index (χ3n) is 24.5. The van der Waals surface area contributed by atoms with Crippen LogP contribution < -0.4 is 16.0 Å². The zero-order valence-corrected chi connectivity index (χ0v) is 64.6. The van der Waals surface area contributed by atoms with Gasteiger partial charge in [-0.2, -0.15) is 24.9 Å². The molecule has 15 atom stereocenters. The van der Waals surface area contributed by atoms with Crippen LogP contribution in [0.15, 0.2) is 0 Å². The highest BCUT2D eigenvalue weighted by Crippen LogP contribution is 2.47. The first-order valence-corrected chi connectivity index (χ1v) is 39.5. The number of thioether (sulfide) groups is 1. The molecule has 105 heavy (non-hydrogen) atoms. The molecule has 4 aliphatic carbocycles. The second kappa shape index (κ2) is 36.7. The molecule has 0 aromatic carbocycles. The smallest absolute Gasteiger partial charge is 0.377 e. The van der Waals surface area contributed by atoms with Gasteiger partial charge in [0.15, 0.2) is 0 Å². The fourth-order valence-electron chi connectivity index (χ4n) is 17.7. The van der Waals surface area contributed by atoms with Crippen LogP contribution >= 0.6 is 11.8 Å². The molecule has 8 fully saturated rings. The highest BCUT2D eigenvalue weighted by Gasteiger charge is 2.56. The van der Waals surface area contributed by atoms with Gasteiger partial charge in [0.2, 0.25) is 70.9 Å². The van der Waals surface area contributed by atoms with Gasteiger partial charge < -0.3 is 64.8 Å². The van der Waals surface area contributed by atoms with Crippen molar-refractivity contribution in [2.24, 2.45) is 35.5 Å². The molecule has 4 saturated heterocycles. The molecular weight excluding hydrogens is 1390 g/mol.